The molecule has 1 aromatic heterocycles. The predicted molar refractivity (Wildman–Crippen MR) is 116 cm³/mol. The standard InChI is InChI=1S/C24H27NO2S/c1-4-19-9-11-20(12-10-19)24(22-6-5-15-28-22)25-23(26)13-14-27-21-16-17(2)7-8-18(21)3/h5-12,15-16,24H,4,13-14H2,1-3H3,(H,25,26)/t24-/m1/s1. The number of benzene rings is 2. The minimum Gasteiger partial charge on any atom is -0.493 e. The fraction of sp³-hybridized carbons (Fsp3) is 0.292. The van der Waals surface area contributed by atoms with Crippen LogP contribution in [0.2, 0.25) is 0 Å². The Bertz CT molecular complexity index is 901. The van der Waals surface area contributed by atoms with E-state index in [2.05, 4.69) is 48.6 Å². The first-order valence-electron chi connectivity index (χ1n) is 9.68. The van der Waals surface area contributed by atoms with Gasteiger partial charge in [0.2, 0.25) is 5.91 Å². The van der Waals surface area contributed by atoms with Gasteiger partial charge in [0.05, 0.1) is 19.1 Å². The number of nitrogens with one attached hydrogen (secondary N) is 1. The molecule has 0 saturated heterocycles. The van der Waals surface area contributed by atoms with E-state index in [0.717, 1.165) is 33.7 Å². The van der Waals surface area contributed by atoms with Gasteiger partial charge in [0.1, 0.15) is 5.75 Å². The Morgan fingerprint density at radius 3 is 2.57 bits per heavy atom. The predicted octanol–water partition coefficient (Wildman–Crippen LogP) is 5.60. The molecular weight excluding hydrogens is 366 g/mol. The number of carbonyl (C=O) groups excluding carboxylic acids is 1. The van der Waals surface area contributed by atoms with Crippen LogP contribution in [0.3, 0.4) is 0 Å². The van der Waals surface area contributed by atoms with E-state index in [4.69, 9.17) is 4.74 Å². The molecule has 3 nitrogen and oxygen atoms in total. The van der Waals surface area contributed by atoms with Crippen LogP contribution in [0.1, 0.15) is 46.5 Å². The van der Waals surface area contributed by atoms with Gasteiger partial charge >= 0.3 is 0 Å². The van der Waals surface area contributed by atoms with Gasteiger partial charge in [0.25, 0.3) is 0 Å². The van der Waals surface area contributed by atoms with Crippen molar-refractivity contribution in [1.29, 1.82) is 0 Å². The lowest BCUT2D eigenvalue weighted by Crippen LogP contribution is -2.29. The largest absolute Gasteiger partial charge is 0.493 e. The van der Waals surface area contributed by atoms with E-state index in [1.807, 2.05) is 37.4 Å². The van der Waals surface area contributed by atoms with Gasteiger partial charge in [0.15, 0.2) is 0 Å². The molecule has 28 heavy (non-hydrogen) atoms. The van der Waals surface area contributed by atoms with Gasteiger partial charge in [-0.05, 0) is 60.0 Å². The van der Waals surface area contributed by atoms with Crippen molar-refractivity contribution in [3.8, 4) is 5.75 Å². The molecule has 146 valence electrons. The summed E-state index contributed by atoms with van der Waals surface area (Å²) in [4.78, 5) is 13.7. The number of amides is 1. The van der Waals surface area contributed by atoms with Crippen LogP contribution in [-0.2, 0) is 11.2 Å². The van der Waals surface area contributed by atoms with Crippen molar-refractivity contribution in [3.63, 3.8) is 0 Å². The first-order valence-corrected chi connectivity index (χ1v) is 10.6. The molecule has 1 heterocycles. The van der Waals surface area contributed by atoms with Crippen LogP contribution >= 0.6 is 11.3 Å². The molecule has 4 heteroatoms. The summed E-state index contributed by atoms with van der Waals surface area (Å²) in [6.45, 7) is 6.56. The molecule has 0 bridgehead atoms. The fourth-order valence-electron chi connectivity index (χ4n) is 3.07. The van der Waals surface area contributed by atoms with Crippen molar-refractivity contribution in [3.05, 3.63) is 87.1 Å². The van der Waals surface area contributed by atoms with E-state index >= 15 is 0 Å². The maximum Gasteiger partial charge on any atom is 0.224 e. The second kappa shape index (κ2) is 9.56. The summed E-state index contributed by atoms with van der Waals surface area (Å²) >= 11 is 1.66. The Hall–Kier alpha value is -2.59. The molecule has 0 aliphatic heterocycles. The molecule has 1 N–H and O–H groups in total. The van der Waals surface area contributed by atoms with Gasteiger partial charge in [-0.1, -0.05) is 49.4 Å². The first-order chi connectivity index (χ1) is 13.6. The van der Waals surface area contributed by atoms with Gasteiger partial charge < -0.3 is 10.1 Å². The van der Waals surface area contributed by atoms with E-state index in [1.165, 1.54) is 5.56 Å². The molecule has 0 fully saturated rings. The van der Waals surface area contributed by atoms with Gasteiger partial charge in [-0.15, -0.1) is 11.3 Å². The molecule has 2 aromatic carbocycles. The second-order valence-electron chi connectivity index (χ2n) is 6.98. The SMILES string of the molecule is CCc1ccc([C@@H](NC(=O)CCOc2cc(C)ccc2C)c2cccs2)cc1. The number of hydrogen-bond acceptors (Lipinski definition) is 3. The molecule has 0 unspecified atom stereocenters. The molecule has 3 rings (SSSR count). The smallest absolute Gasteiger partial charge is 0.224 e. The first kappa shape index (κ1) is 20.2. The van der Waals surface area contributed by atoms with E-state index in [-0.39, 0.29) is 11.9 Å². The third-order valence-electron chi connectivity index (χ3n) is 4.78. The van der Waals surface area contributed by atoms with E-state index in [1.54, 1.807) is 11.3 Å². The molecule has 0 spiro atoms. The van der Waals surface area contributed by atoms with Crippen molar-refractivity contribution in [2.24, 2.45) is 0 Å². The van der Waals surface area contributed by atoms with Crippen molar-refractivity contribution < 1.29 is 9.53 Å². The number of thiophene rings is 1. The fourth-order valence-corrected chi connectivity index (χ4v) is 3.87. The lowest BCUT2D eigenvalue weighted by atomic mass is 10.0. The highest BCUT2D eigenvalue weighted by Gasteiger charge is 2.18. The van der Waals surface area contributed by atoms with Crippen molar-refractivity contribution in [2.45, 2.75) is 39.7 Å². The normalized spacial score (nSPS) is 11.8. The summed E-state index contributed by atoms with van der Waals surface area (Å²) in [7, 11) is 0. The van der Waals surface area contributed by atoms with Gasteiger partial charge in [-0.2, -0.15) is 0 Å². The highest BCUT2D eigenvalue weighted by molar-refractivity contribution is 7.10. The summed E-state index contributed by atoms with van der Waals surface area (Å²) in [5.41, 5.74) is 4.63. The number of carbonyl (C=O) groups is 1. The topological polar surface area (TPSA) is 38.3 Å². The third kappa shape index (κ3) is 5.23. The van der Waals surface area contributed by atoms with Gasteiger partial charge in [0, 0.05) is 4.88 Å². The molecule has 0 saturated carbocycles. The van der Waals surface area contributed by atoms with Gasteiger partial charge in [-0.25, -0.2) is 0 Å². The number of ether oxygens (including phenoxy) is 1. The van der Waals surface area contributed by atoms with Crippen LogP contribution < -0.4 is 10.1 Å². The zero-order chi connectivity index (χ0) is 19.9. The molecule has 3 aromatic rings. The lowest BCUT2D eigenvalue weighted by Gasteiger charge is -2.19. The van der Waals surface area contributed by atoms with Crippen LogP contribution in [0.4, 0.5) is 0 Å². The lowest BCUT2D eigenvalue weighted by molar-refractivity contribution is -0.122. The maximum atomic E-state index is 12.6. The summed E-state index contributed by atoms with van der Waals surface area (Å²) in [5.74, 6) is 0.834. The van der Waals surface area contributed by atoms with Crippen LogP contribution in [0.25, 0.3) is 0 Å². The number of aryl methyl sites for hydroxylation is 3. The average Bonchev–Trinajstić information content (AvgIpc) is 3.23. The Labute approximate surface area is 171 Å². The zero-order valence-electron chi connectivity index (χ0n) is 16.7. The Balaban J connectivity index is 1.63. The Kier molecular flexibility index (Phi) is 6.88. The summed E-state index contributed by atoms with van der Waals surface area (Å²) < 4.78 is 5.84. The second-order valence-corrected chi connectivity index (χ2v) is 7.96. The highest BCUT2D eigenvalue weighted by Crippen LogP contribution is 2.26. The maximum absolute atomic E-state index is 12.6. The molecule has 0 aliphatic carbocycles. The van der Waals surface area contributed by atoms with E-state index < -0.39 is 0 Å². The Morgan fingerprint density at radius 2 is 1.89 bits per heavy atom. The Morgan fingerprint density at radius 1 is 1.11 bits per heavy atom. The minimum absolute atomic E-state index is 0.0109. The van der Waals surface area contributed by atoms with Crippen LogP contribution in [0, 0.1) is 13.8 Å². The third-order valence-corrected chi connectivity index (χ3v) is 5.72. The summed E-state index contributed by atoms with van der Waals surface area (Å²) in [6.07, 6.45) is 1.33. The highest BCUT2D eigenvalue weighted by atomic mass is 32.1. The monoisotopic (exact) mass is 393 g/mol. The molecule has 1 amide bonds. The summed E-state index contributed by atoms with van der Waals surface area (Å²) in [5, 5.41) is 5.22. The van der Waals surface area contributed by atoms with Crippen LogP contribution in [0.5, 0.6) is 5.75 Å². The molecule has 0 aliphatic rings. The van der Waals surface area contributed by atoms with Crippen molar-refractivity contribution in [2.75, 3.05) is 6.61 Å². The molecule has 1 atom stereocenters. The summed E-state index contributed by atoms with van der Waals surface area (Å²) in [6, 6.07) is 18.5. The molecular formula is C24H27NO2S. The molecule has 0 radical (unpaired) electrons. The van der Waals surface area contributed by atoms with Gasteiger partial charge in [-0.3, -0.25) is 4.79 Å². The minimum atomic E-state index is -0.126. The van der Waals surface area contributed by atoms with E-state index in [0.29, 0.717) is 13.0 Å². The van der Waals surface area contributed by atoms with Crippen molar-refractivity contribution >= 4 is 17.2 Å². The van der Waals surface area contributed by atoms with E-state index in [9.17, 15) is 4.79 Å². The van der Waals surface area contributed by atoms with Crippen molar-refractivity contribution in [1.82, 2.24) is 5.32 Å². The quantitative estimate of drug-likeness (QED) is 0.541. The van der Waals surface area contributed by atoms with Crippen LogP contribution in [-0.4, -0.2) is 12.5 Å². The number of hydrogen-bond donors (Lipinski definition) is 1. The average molecular weight is 394 g/mol. The van der Waals surface area contributed by atoms with Crippen LogP contribution in [0.15, 0.2) is 60.0 Å². The number of rotatable bonds is 8. The zero-order valence-corrected chi connectivity index (χ0v) is 17.5.